The predicted octanol–water partition coefficient (Wildman–Crippen LogP) is 4.82. The first-order valence-electron chi connectivity index (χ1n) is 6.86. The van der Waals surface area contributed by atoms with Gasteiger partial charge in [-0.1, -0.05) is 12.1 Å². The highest BCUT2D eigenvalue weighted by molar-refractivity contribution is 5.43. The first-order chi connectivity index (χ1) is 11.1. The van der Waals surface area contributed by atoms with Crippen LogP contribution < -0.4 is 0 Å². The molecule has 1 heterocycles. The second-order valence-corrected chi connectivity index (χ2v) is 5.05. The van der Waals surface area contributed by atoms with Crippen LogP contribution in [0.1, 0.15) is 22.6 Å². The van der Waals surface area contributed by atoms with Crippen molar-refractivity contribution in [3.05, 3.63) is 101 Å². The van der Waals surface area contributed by atoms with E-state index in [0.717, 1.165) is 24.3 Å². The Bertz CT molecular complexity index is 782. The van der Waals surface area contributed by atoms with Gasteiger partial charge in [0.1, 0.15) is 23.3 Å². The van der Waals surface area contributed by atoms with Crippen LogP contribution in [0, 0.1) is 23.3 Å². The van der Waals surface area contributed by atoms with Crippen LogP contribution in [0.5, 0.6) is 0 Å². The molecule has 5 heteroatoms. The van der Waals surface area contributed by atoms with Gasteiger partial charge in [0.05, 0.1) is 0 Å². The highest BCUT2D eigenvalue weighted by atomic mass is 19.1. The zero-order valence-corrected chi connectivity index (χ0v) is 11.8. The normalized spacial score (nSPS) is 11.0. The molecule has 2 aromatic carbocycles. The maximum Gasteiger partial charge on any atom is 0.130 e. The minimum absolute atomic E-state index is 0.100. The Morgan fingerprint density at radius 1 is 0.652 bits per heavy atom. The van der Waals surface area contributed by atoms with E-state index in [1.54, 1.807) is 12.1 Å². The summed E-state index contributed by atoms with van der Waals surface area (Å²) in [5.41, 5.74) is 0.766. The second-order valence-electron chi connectivity index (χ2n) is 5.05. The summed E-state index contributed by atoms with van der Waals surface area (Å²) in [6, 6.07) is 9.43. The van der Waals surface area contributed by atoms with Crippen LogP contribution in [-0.2, 0) is 0 Å². The van der Waals surface area contributed by atoms with Crippen LogP contribution in [0.15, 0.2) is 60.9 Å². The highest BCUT2D eigenvalue weighted by Crippen LogP contribution is 2.35. The van der Waals surface area contributed by atoms with Crippen LogP contribution in [0.25, 0.3) is 0 Å². The largest absolute Gasteiger partial charge is 0.265 e. The third kappa shape index (κ3) is 3.08. The Morgan fingerprint density at radius 2 is 1.13 bits per heavy atom. The van der Waals surface area contributed by atoms with E-state index >= 15 is 0 Å². The van der Waals surface area contributed by atoms with Crippen molar-refractivity contribution < 1.29 is 17.6 Å². The van der Waals surface area contributed by atoms with Gasteiger partial charge in [0.2, 0.25) is 0 Å². The second kappa shape index (κ2) is 6.20. The maximum atomic E-state index is 14.2. The molecule has 0 saturated heterocycles. The Hall–Kier alpha value is -2.69. The standard InChI is InChI=1S/C18H11F4N/c19-12-1-3-14(16(21)9-12)18(11-5-7-23-8-6-11)15-4-2-13(20)10-17(15)22/h1-10,18H. The monoisotopic (exact) mass is 317 g/mol. The van der Waals surface area contributed by atoms with Crippen molar-refractivity contribution in [1.82, 2.24) is 4.98 Å². The summed E-state index contributed by atoms with van der Waals surface area (Å²) in [6.45, 7) is 0. The van der Waals surface area contributed by atoms with E-state index in [4.69, 9.17) is 0 Å². The molecule has 0 saturated carbocycles. The van der Waals surface area contributed by atoms with Crippen molar-refractivity contribution in [3.63, 3.8) is 0 Å². The number of nitrogens with zero attached hydrogens (tertiary/aromatic N) is 1. The minimum atomic E-state index is -0.834. The molecule has 3 rings (SSSR count). The molecule has 0 aliphatic heterocycles. The van der Waals surface area contributed by atoms with Crippen molar-refractivity contribution in [2.45, 2.75) is 5.92 Å². The van der Waals surface area contributed by atoms with E-state index in [-0.39, 0.29) is 11.1 Å². The average molecular weight is 317 g/mol. The van der Waals surface area contributed by atoms with Gasteiger partial charge in [-0.05, 0) is 29.8 Å². The molecule has 0 spiro atoms. The quantitative estimate of drug-likeness (QED) is 0.631. The lowest BCUT2D eigenvalue weighted by Gasteiger charge is -2.20. The van der Waals surface area contributed by atoms with E-state index in [9.17, 15) is 17.6 Å². The number of hydrogen-bond acceptors (Lipinski definition) is 1. The fourth-order valence-electron chi connectivity index (χ4n) is 2.55. The van der Waals surface area contributed by atoms with Gasteiger partial charge in [-0.2, -0.15) is 0 Å². The van der Waals surface area contributed by atoms with Crippen molar-refractivity contribution >= 4 is 0 Å². The van der Waals surface area contributed by atoms with Crippen LogP contribution >= 0.6 is 0 Å². The molecule has 0 unspecified atom stereocenters. The lowest BCUT2D eigenvalue weighted by Crippen LogP contribution is -2.08. The Morgan fingerprint density at radius 3 is 1.57 bits per heavy atom. The lowest BCUT2D eigenvalue weighted by atomic mass is 9.85. The molecule has 1 nitrogen and oxygen atoms in total. The van der Waals surface area contributed by atoms with E-state index in [2.05, 4.69) is 4.98 Å². The van der Waals surface area contributed by atoms with E-state index in [1.807, 2.05) is 0 Å². The SMILES string of the molecule is Fc1ccc(C(c2ccncc2)c2ccc(F)cc2F)c(F)c1. The molecule has 0 amide bonds. The number of halogens is 4. The first kappa shape index (κ1) is 15.2. The topological polar surface area (TPSA) is 12.9 Å². The fourth-order valence-corrected chi connectivity index (χ4v) is 2.55. The zero-order valence-electron chi connectivity index (χ0n) is 11.8. The minimum Gasteiger partial charge on any atom is -0.265 e. The van der Waals surface area contributed by atoms with E-state index in [1.165, 1.54) is 24.5 Å². The summed E-state index contributed by atoms with van der Waals surface area (Å²) in [5.74, 6) is -3.87. The molecule has 1 aromatic heterocycles. The van der Waals surface area contributed by atoms with Gasteiger partial charge >= 0.3 is 0 Å². The molecular formula is C18H11F4N. The summed E-state index contributed by atoms with van der Waals surface area (Å²) in [7, 11) is 0. The molecule has 23 heavy (non-hydrogen) atoms. The van der Waals surface area contributed by atoms with Crippen molar-refractivity contribution in [2.75, 3.05) is 0 Å². The molecular weight excluding hydrogens is 306 g/mol. The van der Waals surface area contributed by atoms with E-state index in [0.29, 0.717) is 5.56 Å². The third-order valence-electron chi connectivity index (χ3n) is 3.59. The van der Waals surface area contributed by atoms with E-state index < -0.39 is 29.2 Å². The summed E-state index contributed by atoms with van der Waals surface area (Å²) in [5, 5.41) is 0. The Labute approximate surface area is 130 Å². The molecule has 3 aromatic rings. The number of aromatic nitrogens is 1. The first-order valence-corrected chi connectivity index (χ1v) is 6.86. The average Bonchev–Trinajstić information content (AvgIpc) is 2.52. The van der Waals surface area contributed by atoms with Crippen molar-refractivity contribution in [3.8, 4) is 0 Å². The number of pyridine rings is 1. The van der Waals surface area contributed by atoms with Gasteiger partial charge in [0.15, 0.2) is 0 Å². The number of rotatable bonds is 3. The summed E-state index contributed by atoms with van der Waals surface area (Å²) < 4.78 is 54.8. The van der Waals surface area contributed by atoms with Crippen LogP contribution in [0.4, 0.5) is 17.6 Å². The summed E-state index contributed by atoms with van der Waals surface area (Å²) in [4.78, 5) is 3.88. The fraction of sp³-hybridized carbons (Fsp3) is 0.0556. The summed E-state index contributed by atoms with van der Waals surface area (Å²) >= 11 is 0. The van der Waals surface area contributed by atoms with Gasteiger partial charge in [0, 0.05) is 41.6 Å². The number of benzene rings is 2. The van der Waals surface area contributed by atoms with Crippen molar-refractivity contribution in [2.24, 2.45) is 0 Å². The number of hydrogen-bond donors (Lipinski definition) is 0. The van der Waals surface area contributed by atoms with Gasteiger partial charge in [-0.15, -0.1) is 0 Å². The van der Waals surface area contributed by atoms with Gasteiger partial charge < -0.3 is 0 Å². The molecule has 0 N–H and O–H groups in total. The molecule has 0 bridgehead atoms. The third-order valence-corrected chi connectivity index (χ3v) is 3.59. The Kier molecular flexibility index (Phi) is 4.10. The van der Waals surface area contributed by atoms with Gasteiger partial charge in [0.25, 0.3) is 0 Å². The molecule has 0 aliphatic rings. The predicted molar refractivity (Wildman–Crippen MR) is 77.9 cm³/mol. The van der Waals surface area contributed by atoms with Crippen LogP contribution in [0.2, 0.25) is 0 Å². The molecule has 0 radical (unpaired) electrons. The van der Waals surface area contributed by atoms with Gasteiger partial charge in [-0.25, -0.2) is 17.6 Å². The summed E-state index contributed by atoms with van der Waals surface area (Å²) in [6.07, 6.45) is 2.98. The van der Waals surface area contributed by atoms with Crippen LogP contribution in [-0.4, -0.2) is 4.98 Å². The molecule has 116 valence electrons. The highest BCUT2D eigenvalue weighted by Gasteiger charge is 2.23. The maximum absolute atomic E-state index is 14.2. The Balaban J connectivity index is 2.22. The smallest absolute Gasteiger partial charge is 0.130 e. The van der Waals surface area contributed by atoms with Crippen molar-refractivity contribution in [1.29, 1.82) is 0 Å². The zero-order chi connectivity index (χ0) is 16.4. The molecule has 0 atom stereocenters. The van der Waals surface area contributed by atoms with Crippen LogP contribution in [0.3, 0.4) is 0 Å². The molecule has 0 fully saturated rings. The molecule has 0 aliphatic carbocycles. The lowest BCUT2D eigenvalue weighted by molar-refractivity contribution is 0.556. The van der Waals surface area contributed by atoms with Gasteiger partial charge in [-0.3, -0.25) is 4.98 Å².